The summed E-state index contributed by atoms with van der Waals surface area (Å²) in [6.07, 6.45) is 0. The molecule has 0 aliphatic heterocycles. The number of carboxylic acid groups (broad SMARTS) is 1. The third kappa shape index (κ3) is 1.61. The molecule has 0 radical (unpaired) electrons. The van der Waals surface area contributed by atoms with E-state index in [9.17, 15) is 4.79 Å². The predicted molar refractivity (Wildman–Crippen MR) is 31.6 cm³/mol. The fourth-order valence-electron chi connectivity index (χ4n) is 0.348. The minimum Gasteiger partial charge on any atom is -0.477 e. The summed E-state index contributed by atoms with van der Waals surface area (Å²) in [5.74, 6) is -1.36. The maximum absolute atomic E-state index is 10.1. The zero-order valence-electron chi connectivity index (χ0n) is 5.25. The summed E-state index contributed by atoms with van der Waals surface area (Å²) in [5.41, 5.74) is -0.572. The van der Waals surface area contributed by atoms with E-state index in [4.69, 9.17) is 15.6 Å². The van der Waals surface area contributed by atoms with Crippen LogP contribution in [0.5, 0.6) is 0 Å². The van der Waals surface area contributed by atoms with Gasteiger partial charge in [-0.25, -0.2) is 4.79 Å². The molecule has 0 heterocycles. The summed E-state index contributed by atoms with van der Waals surface area (Å²) in [6.45, 7) is 1.28. The SMILES string of the molecule is CC(C#N)=C(C#N)C(=O)O. The van der Waals surface area contributed by atoms with Crippen LogP contribution in [0.15, 0.2) is 11.1 Å². The van der Waals surface area contributed by atoms with Gasteiger partial charge in [-0.15, -0.1) is 0 Å². The molecule has 50 valence electrons. The van der Waals surface area contributed by atoms with Gasteiger partial charge in [0.1, 0.15) is 6.07 Å². The molecule has 0 aromatic rings. The first-order valence-electron chi connectivity index (χ1n) is 2.37. The van der Waals surface area contributed by atoms with Gasteiger partial charge in [0.15, 0.2) is 5.57 Å². The summed E-state index contributed by atoms with van der Waals surface area (Å²) < 4.78 is 0. The Morgan fingerprint density at radius 1 is 1.40 bits per heavy atom. The van der Waals surface area contributed by atoms with E-state index >= 15 is 0 Å². The van der Waals surface area contributed by atoms with Gasteiger partial charge in [0.2, 0.25) is 0 Å². The molecule has 4 nitrogen and oxygen atoms in total. The van der Waals surface area contributed by atoms with E-state index in [-0.39, 0.29) is 5.57 Å². The maximum Gasteiger partial charge on any atom is 0.347 e. The quantitative estimate of drug-likeness (QED) is 0.418. The third-order valence-electron chi connectivity index (χ3n) is 0.868. The van der Waals surface area contributed by atoms with Crippen molar-refractivity contribution >= 4 is 5.97 Å². The van der Waals surface area contributed by atoms with E-state index in [1.54, 1.807) is 6.07 Å². The lowest BCUT2D eigenvalue weighted by Gasteiger charge is -1.87. The number of allylic oxidation sites excluding steroid dienone is 1. The zero-order chi connectivity index (χ0) is 8.15. The monoisotopic (exact) mass is 136 g/mol. The highest BCUT2D eigenvalue weighted by Crippen LogP contribution is 2.00. The van der Waals surface area contributed by atoms with Crippen molar-refractivity contribution in [2.45, 2.75) is 6.92 Å². The average molecular weight is 136 g/mol. The van der Waals surface area contributed by atoms with E-state index < -0.39 is 11.5 Å². The molecule has 1 N–H and O–H groups in total. The average Bonchev–Trinajstić information content (AvgIpc) is 1.88. The van der Waals surface area contributed by atoms with Gasteiger partial charge in [-0.05, 0) is 6.92 Å². The summed E-state index contributed by atoms with van der Waals surface area (Å²) in [5, 5.41) is 24.6. The van der Waals surface area contributed by atoms with E-state index in [2.05, 4.69) is 0 Å². The van der Waals surface area contributed by atoms with Crippen molar-refractivity contribution in [3.05, 3.63) is 11.1 Å². The largest absolute Gasteiger partial charge is 0.477 e. The fourth-order valence-corrected chi connectivity index (χ4v) is 0.348. The van der Waals surface area contributed by atoms with Gasteiger partial charge in [0.05, 0.1) is 11.6 Å². The fraction of sp³-hybridized carbons (Fsp3) is 0.167. The Bertz CT molecular complexity index is 264. The van der Waals surface area contributed by atoms with E-state index in [0.29, 0.717) is 0 Å². The molecule has 0 amide bonds. The first-order chi connectivity index (χ1) is 4.63. The van der Waals surface area contributed by atoms with Gasteiger partial charge in [0, 0.05) is 0 Å². The molecule has 0 aromatic heterocycles. The van der Waals surface area contributed by atoms with Crippen LogP contribution in [0.2, 0.25) is 0 Å². The number of hydrogen-bond donors (Lipinski definition) is 1. The van der Waals surface area contributed by atoms with Crippen molar-refractivity contribution in [3.63, 3.8) is 0 Å². The summed E-state index contributed by atoms with van der Waals surface area (Å²) in [7, 11) is 0. The van der Waals surface area contributed by atoms with Crippen LogP contribution < -0.4 is 0 Å². The number of carboxylic acids is 1. The molecule has 0 bridgehead atoms. The minimum absolute atomic E-state index is 0.0741. The Hall–Kier alpha value is -1.81. The normalized spacial score (nSPS) is 10.7. The lowest BCUT2D eigenvalue weighted by molar-refractivity contribution is -0.132. The molecule has 0 rings (SSSR count). The number of carbonyl (C=O) groups is 1. The Kier molecular flexibility index (Phi) is 2.67. The molecule has 0 spiro atoms. The van der Waals surface area contributed by atoms with Crippen LogP contribution in [0.1, 0.15) is 6.92 Å². The second-order valence-corrected chi connectivity index (χ2v) is 1.53. The van der Waals surface area contributed by atoms with Crippen LogP contribution in [0, 0.1) is 22.7 Å². The molecular formula is C6H4N2O2. The molecule has 0 atom stereocenters. The number of nitriles is 2. The van der Waals surface area contributed by atoms with Crippen LogP contribution in [-0.2, 0) is 4.79 Å². The van der Waals surface area contributed by atoms with E-state index in [1.807, 2.05) is 0 Å². The third-order valence-corrected chi connectivity index (χ3v) is 0.868. The molecule has 10 heavy (non-hydrogen) atoms. The molecule has 0 saturated heterocycles. The molecule has 0 aliphatic rings. The molecule has 0 fully saturated rings. The smallest absolute Gasteiger partial charge is 0.347 e. The van der Waals surface area contributed by atoms with Crippen molar-refractivity contribution in [2.24, 2.45) is 0 Å². The predicted octanol–water partition coefficient (Wildman–Crippen LogP) is 0.435. The lowest BCUT2D eigenvalue weighted by atomic mass is 10.2. The van der Waals surface area contributed by atoms with E-state index in [0.717, 1.165) is 0 Å². The van der Waals surface area contributed by atoms with Gasteiger partial charge < -0.3 is 5.11 Å². The topological polar surface area (TPSA) is 84.9 Å². The molecule has 4 heteroatoms. The first kappa shape index (κ1) is 8.19. The van der Waals surface area contributed by atoms with Gasteiger partial charge in [-0.1, -0.05) is 0 Å². The van der Waals surface area contributed by atoms with Crippen molar-refractivity contribution in [1.29, 1.82) is 10.5 Å². The van der Waals surface area contributed by atoms with Gasteiger partial charge >= 0.3 is 5.97 Å². The van der Waals surface area contributed by atoms with Crippen molar-refractivity contribution < 1.29 is 9.90 Å². The first-order valence-corrected chi connectivity index (χ1v) is 2.37. The molecule has 0 saturated carbocycles. The van der Waals surface area contributed by atoms with Gasteiger partial charge in [-0.3, -0.25) is 0 Å². The van der Waals surface area contributed by atoms with Crippen LogP contribution in [0.4, 0.5) is 0 Å². The molecule has 0 aliphatic carbocycles. The number of aliphatic carboxylic acids is 1. The van der Waals surface area contributed by atoms with Crippen LogP contribution in [0.3, 0.4) is 0 Å². The standard InChI is InChI=1S/C6H4N2O2/c1-4(2-7)5(3-8)6(9)10/h1H3,(H,9,10). The van der Waals surface area contributed by atoms with Crippen molar-refractivity contribution in [3.8, 4) is 12.1 Å². The number of nitrogens with zero attached hydrogens (tertiary/aromatic N) is 2. The summed E-state index contributed by atoms with van der Waals surface area (Å²) >= 11 is 0. The Labute approximate surface area is 57.6 Å². The van der Waals surface area contributed by atoms with E-state index in [1.165, 1.54) is 13.0 Å². The zero-order valence-corrected chi connectivity index (χ0v) is 5.25. The second-order valence-electron chi connectivity index (χ2n) is 1.53. The maximum atomic E-state index is 10.1. The van der Waals surface area contributed by atoms with Crippen LogP contribution in [-0.4, -0.2) is 11.1 Å². The number of rotatable bonds is 1. The lowest BCUT2D eigenvalue weighted by Crippen LogP contribution is -1.99. The Morgan fingerprint density at radius 3 is 2.00 bits per heavy atom. The highest BCUT2D eigenvalue weighted by molar-refractivity contribution is 5.92. The Morgan fingerprint density at radius 2 is 1.90 bits per heavy atom. The van der Waals surface area contributed by atoms with Crippen LogP contribution in [0.25, 0.3) is 0 Å². The molecule has 0 aromatic carbocycles. The number of hydrogen-bond acceptors (Lipinski definition) is 3. The van der Waals surface area contributed by atoms with Crippen LogP contribution >= 0.6 is 0 Å². The van der Waals surface area contributed by atoms with Gasteiger partial charge in [0.25, 0.3) is 0 Å². The highest BCUT2D eigenvalue weighted by atomic mass is 16.4. The van der Waals surface area contributed by atoms with Crippen molar-refractivity contribution in [1.82, 2.24) is 0 Å². The van der Waals surface area contributed by atoms with Gasteiger partial charge in [-0.2, -0.15) is 10.5 Å². The highest BCUT2D eigenvalue weighted by Gasteiger charge is 2.08. The molecule has 0 unspecified atom stereocenters. The molecular weight excluding hydrogens is 132 g/mol. The summed E-state index contributed by atoms with van der Waals surface area (Å²) in [4.78, 5) is 10.1. The summed E-state index contributed by atoms with van der Waals surface area (Å²) in [6, 6.07) is 2.98. The van der Waals surface area contributed by atoms with Crippen molar-refractivity contribution in [2.75, 3.05) is 0 Å². The Balaban J connectivity index is 4.92. The second kappa shape index (κ2) is 3.26. The minimum atomic E-state index is -1.36.